The third-order valence-electron chi connectivity index (χ3n) is 1.52. The van der Waals surface area contributed by atoms with Gasteiger partial charge in [0.05, 0.1) is 6.54 Å². The number of rotatable bonds is 1. The number of amides is 1. The SMILES string of the molecule is COC1(C)CNC1=O. The number of hydrogen-bond acceptors (Lipinski definition) is 2. The van der Waals surface area contributed by atoms with Crippen LogP contribution in [-0.4, -0.2) is 25.2 Å². The van der Waals surface area contributed by atoms with Crippen molar-refractivity contribution < 1.29 is 9.53 Å². The third kappa shape index (κ3) is 0.512. The predicted octanol–water partition coefficient (Wildman–Crippen LogP) is -0.479. The topological polar surface area (TPSA) is 38.3 Å². The Morgan fingerprint density at radius 3 is 2.50 bits per heavy atom. The van der Waals surface area contributed by atoms with Crippen LogP contribution >= 0.6 is 0 Å². The minimum atomic E-state index is -0.528. The van der Waals surface area contributed by atoms with Gasteiger partial charge < -0.3 is 10.1 Å². The molecule has 0 bridgehead atoms. The van der Waals surface area contributed by atoms with E-state index in [2.05, 4.69) is 5.32 Å². The quantitative estimate of drug-likeness (QED) is 0.469. The molecule has 0 aromatic rings. The molecule has 1 aliphatic heterocycles. The second-order valence-corrected chi connectivity index (χ2v) is 2.12. The Kier molecular flexibility index (Phi) is 1.01. The second kappa shape index (κ2) is 1.45. The molecule has 0 saturated carbocycles. The van der Waals surface area contributed by atoms with Crippen molar-refractivity contribution in [2.24, 2.45) is 0 Å². The van der Waals surface area contributed by atoms with Crippen LogP contribution in [0.3, 0.4) is 0 Å². The molecule has 1 N–H and O–H groups in total. The van der Waals surface area contributed by atoms with E-state index in [1.54, 1.807) is 14.0 Å². The van der Waals surface area contributed by atoms with Gasteiger partial charge in [-0.1, -0.05) is 0 Å². The third-order valence-corrected chi connectivity index (χ3v) is 1.52. The van der Waals surface area contributed by atoms with Gasteiger partial charge in [0, 0.05) is 7.11 Å². The number of ether oxygens (including phenoxy) is 1. The van der Waals surface area contributed by atoms with Gasteiger partial charge in [0.25, 0.3) is 5.91 Å². The molecule has 0 radical (unpaired) electrons. The maximum atomic E-state index is 10.5. The largest absolute Gasteiger partial charge is 0.367 e. The maximum Gasteiger partial charge on any atom is 0.253 e. The van der Waals surface area contributed by atoms with E-state index in [-0.39, 0.29) is 5.91 Å². The molecule has 0 spiro atoms. The van der Waals surface area contributed by atoms with E-state index in [0.29, 0.717) is 6.54 Å². The van der Waals surface area contributed by atoms with Gasteiger partial charge in [0.2, 0.25) is 0 Å². The summed E-state index contributed by atoms with van der Waals surface area (Å²) in [6, 6.07) is 0. The Labute approximate surface area is 48.0 Å². The molecule has 8 heavy (non-hydrogen) atoms. The molecule has 1 unspecified atom stereocenters. The Balaban J connectivity index is 2.55. The Morgan fingerprint density at radius 2 is 2.50 bits per heavy atom. The van der Waals surface area contributed by atoms with E-state index in [4.69, 9.17) is 4.74 Å². The van der Waals surface area contributed by atoms with Crippen LogP contribution in [0.25, 0.3) is 0 Å². The predicted molar refractivity (Wildman–Crippen MR) is 28.4 cm³/mol. The zero-order valence-corrected chi connectivity index (χ0v) is 5.02. The molecule has 1 atom stereocenters. The highest BCUT2D eigenvalue weighted by Gasteiger charge is 2.41. The molecule has 46 valence electrons. The molecule has 0 aliphatic carbocycles. The summed E-state index contributed by atoms with van der Waals surface area (Å²) >= 11 is 0. The summed E-state index contributed by atoms with van der Waals surface area (Å²) in [7, 11) is 1.54. The van der Waals surface area contributed by atoms with Crippen LogP contribution in [0.2, 0.25) is 0 Å². The molecule has 3 heteroatoms. The molecule has 1 fully saturated rings. The van der Waals surface area contributed by atoms with E-state index < -0.39 is 5.60 Å². The summed E-state index contributed by atoms with van der Waals surface area (Å²) in [6.07, 6.45) is 0. The van der Waals surface area contributed by atoms with Crippen molar-refractivity contribution in [1.82, 2.24) is 5.32 Å². The molecule has 1 heterocycles. The molecule has 0 aromatic carbocycles. The van der Waals surface area contributed by atoms with Gasteiger partial charge in [-0.05, 0) is 6.92 Å². The van der Waals surface area contributed by atoms with Crippen LogP contribution in [0.1, 0.15) is 6.92 Å². The summed E-state index contributed by atoms with van der Waals surface area (Å²) in [5.74, 6) is -0.0139. The van der Waals surface area contributed by atoms with Crippen molar-refractivity contribution in [2.45, 2.75) is 12.5 Å². The lowest BCUT2D eigenvalue weighted by Gasteiger charge is -2.35. The van der Waals surface area contributed by atoms with E-state index in [9.17, 15) is 4.79 Å². The van der Waals surface area contributed by atoms with E-state index in [1.165, 1.54) is 0 Å². The number of carbonyl (C=O) groups is 1. The fraction of sp³-hybridized carbons (Fsp3) is 0.800. The smallest absolute Gasteiger partial charge is 0.253 e. The monoisotopic (exact) mass is 115 g/mol. The van der Waals surface area contributed by atoms with Crippen molar-refractivity contribution in [3.05, 3.63) is 0 Å². The minimum Gasteiger partial charge on any atom is -0.367 e. The number of hydrogen-bond donors (Lipinski definition) is 1. The van der Waals surface area contributed by atoms with E-state index in [0.717, 1.165) is 0 Å². The first-order chi connectivity index (χ1) is 3.69. The maximum absolute atomic E-state index is 10.5. The Bertz CT molecular complexity index is 120. The number of nitrogens with one attached hydrogen (secondary N) is 1. The zero-order valence-electron chi connectivity index (χ0n) is 5.02. The average Bonchev–Trinajstić information content (AvgIpc) is 1.83. The van der Waals surface area contributed by atoms with Gasteiger partial charge in [-0.15, -0.1) is 0 Å². The fourth-order valence-electron chi connectivity index (χ4n) is 0.574. The standard InChI is InChI=1S/C5H9NO2/c1-5(8-2)3-6-4(5)7/h3H2,1-2H3,(H,6,7). The van der Waals surface area contributed by atoms with E-state index in [1.807, 2.05) is 0 Å². The zero-order chi connectivity index (χ0) is 6.20. The van der Waals surface area contributed by atoms with Gasteiger partial charge in [0.15, 0.2) is 5.60 Å². The van der Waals surface area contributed by atoms with Crippen LogP contribution in [0, 0.1) is 0 Å². The van der Waals surface area contributed by atoms with Crippen molar-refractivity contribution in [1.29, 1.82) is 0 Å². The van der Waals surface area contributed by atoms with Crippen LogP contribution in [0.5, 0.6) is 0 Å². The summed E-state index contributed by atoms with van der Waals surface area (Å²) < 4.78 is 4.87. The van der Waals surface area contributed by atoms with Gasteiger partial charge >= 0.3 is 0 Å². The summed E-state index contributed by atoms with van der Waals surface area (Å²) in [6.45, 7) is 2.41. The summed E-state index contributed by atoms with van der Waals surface area (Å²) in [5, 5.41) is 2.59. The van der Waals surface area contributed by atoms with Crippen molar-refractivity contribution in [3.8, 4) is 0 Å². The normalized spacial score (nSPS) is 36.0. The minimum absolute atomic E-state index is 0.0139. The first-order valence-electron chi connectivity index (χ1n) is 2.52. The highest BCUT2D eigenvalue weighted by Crippen LogP contribution is 2.14. The van der Waals surface area contributed by atoms with Crippen LogP contribution in [-0.2, 0) is 9.53 Å². The summed E-state index contributed by atoms with van der Waals surface area (Å²) in [5.41, 5.74) is -0.528. The van der Waals surface area contributed by atoms with E-state index >= 15 is 0 Å². The molecule has 1 amide bonds. The average molecular weight is 115 g/mol. The van der Waals surface area contributed by atoms with Crippen LogP contribution in [0.4, 0.5) is 0 Å². The molecule has 0 aromatic heterocycles. The molecule has 1 aliphatic rings. The van der Waals surface area contributed by atoms with Gasteiger partial charge in [-0.3, -0.25) is 4.79 Å². The summed E-state index contributed by atoms with van der Waals surface area (Å²) in [4.78, 5) is 10.5. The Hall–Kier alpha value is -0.570. The molecular formula is C5H9NO2. The highest BCUT2D eigenvalue weighted by molar-refractivity contribution is 5.90. The highest BCUT2D eigenvalue weighted by atomic mass is 16.5. The first kappa shape index (κ1) is 5.56. The molecule has 3 nitrogen and oxygen atoms in total. The number of β-lactam (4-membered cyclic amide) rings is 1. The second-order valence-electron chi connectivity index (χ2n) is 2.12. The number of methoxy groups -OCH3 is 1. The Morgan fingerprint density at radius 1 is 1.88 bits per heavy atom. The molecular weight excluding hydrogens is 106 g/mol. The van der Waals surface area contributed by atoms with Crippen molar-refractivity contribution in [2.75, 3.05) is 13.7 Å². The van der Waals surface area contributed by atoms with Gasteiger partial charge in [-0.2, -0.15) is 0 Å². The van der Waals surface area contributed by atoms with Crippen LogP contribution in [0.15, 0.2) is 0 Å². The van der Waals surface area contributed by atoms with Crippen molar-refractivity contribution in [3.63, 3.8) is 0 Å². The lowest BCUT2D eigenvalue weighted by Crippen LogP contribution is -2.63. The van der Waals surface area contributed by atoms with Crippen molar-refractivity contribution >= 4 is 5.91 Å². The molecule has 1 rings (SSSR count). The molecule has 1 saturated heterocycles. The van der Waals surface area contributed by atoms with Gasteiger partial charge in [-0.25, -0.2) is 0 Å². The lowest BCUT2D eigenvalue weighted by molar-refractivity contribution is -0.153. The first-order valence-corrected chi connectivity index (χ1v) is 2.52. The fourth-order valence-corrected chi connectivity index (χ4v) is 0.574. The lowest BCUT2D eigenvalue weighted by atomic mass is 9.99. The number of carbonyl (C=O) groups excluding carboxylic acids is 1. The van der Waals surface area contributed by atoms with Crippen LogP contribution < -0.4 is 5.32 Å². The van der Waals surface area contributed by atoms with Gasteiger partial charge in [0.1, 0.15) is 0 Å².